The second kappa shape index (κ2) is 6.39. The average Bonchev–Trinajstić information content (AvgIpc) is 2.74. The number of nitrogens with zero attached hydrogens (tertiary/aromatic N) is 2. The van der Waals surface area contributed by atoms with Crippen molar-refractivity contribution in [2.24, 2.45) is 0 Å². The monoisotopic (exact) mass is 406 g/mol. The maximum Gasteiger partial charge on any atom is 0.122 e. The van der Waals surface area contributed by atoms with Gasteiger partial charge in [0.05, 0.1) is 16.9 Å². The number of aromatic nitrogens is 2. The highest BCUT2D eigenvalue weighted by Crippen LogP contribution is 2.32. The predicted octanol–water partition coefficient (Wildman–Crippen LogP) is 4.55. The maximum absolute atomic E-state index is 10.5. The molecular formula is C13H13Br2ClN2O. The highest BCUT2D eigenvalue weighted by Gasteiger charge is 2.20. The Morgan fingerprint density at radius 1 is 1.37 bits per heavy atom. The predicted molar refractivity (Wildman–Crippen MR) is 83.4 cm³/mol. The number of hydrogen-bond acceptors (Lipinski definition) is 2. The van der Waals surface area contributed by atoms with Gasteiger partial charge in [0.1, 0.15) is 6.10 Å². The Balaban J connectivity index is 2.40. The highest BCUT2D eigenvalue weighted by molar-refractivity contribution is 9.13. The fraction of sp³-hybridized carbons (Fsp3) is 0.308. The topological polar surface area (TPSA) is 38.0 Å². The van der Waals surface area contributed by atoms with Gasteiger partial charge in [-0.15, -0.1) is 0 Å². The van der Waals surface area contributed by atoms with Crippen molar-refractivity contribution in [2.75, 3.05) is 0 Å². The normalized spacial score (nSPS) is 12.7. The van der Waals surface area contributed by atoms with Crippen LogP contribution in [0.3, 0.4) is 0 Å². The summed E-state index contributed by atoms with van der Waals surface area (Å²) < 4.78 is 3.58. The lowest BCUT2D eigenvalue weighted by Gasteiger charge is -2.15. The zero-order valence-corrected chi connectivity index (χ0v) is 14.2. The molecular weight excluding hydrogens is 395 g/mol. The number of halogens is 3. The minimum Gasteiger partial charge on any atom is -0.382 e. The summed E-state index contributed by atoms with van der Waals surface area (Å²) in [6.07, 6.45) is 1.72. The third kappa shape index (κ3) is 3.21. The van der Waals surface area contributed by atoms with Crippen LogP contribution in [0.25, 0.3) is 0 Å². The largest absolute Gasteiger partial charge is 0.382 e. The Morgan fingerprint density at radius 3 is 2.74 bits per heavy atom. The van der Waals surface area contributed by atoms with E-state index >= 15 is 0 Å². The van der Waals surface area contributed by atoms with E-state index in [1.807, 2.05) is 18.2 Å². The van der Waals surface area contributed by atoms with E-state index in [1.165, 1.54) is 0 Å². The molecule has 0 aliphatic rings. The molecule has 1 heterocycles. The van der Waals surface area contributed by atoms with Gasteiger partial charge in [-0.3, -0.25) is 4.68 Å². The van der Waals surface area contributed by atoms with Crippen molar-refractivity contribution < 1.29 is 5.11 Å². The Hall–Kier alpha value is -0.360. The maximum atomic E-state index is 10.5. The van der Waals surface area contributed by atoms with Gasteiger partial charge < -0.3 is 5.11 Å². The first-order valence-electron chi connectivity index (χ1n) is 5.88. The Kier molecular flexibility index (Phi) is 5.06. The molecule has 1 atom stereocenters. The highest BCUT2D eigenvalue weighted by atomic mass is 79.9. The van der Waals surface area contributed by atoms with E-state index in [-0.39, 0.29) is 0 Å². The van der Waals surface area contributed by atoms with Gasteiger partial charge >= 0.3 is 0 Å². The summed E-state index contributed by atoms with van der Waals surface area (Å²) in [7, 11) is 0. The van der Waals surface area contributed by atoms with Gasteiger partial charge in [-0.05, 0) is 56.0 Å². The van der Waals surface area contributed by atoms with Crippen LogP contribution in [0, 0.1) is 0 Å². The zero-order chi connectivity index (χ0) is 14.0. The fourth-order valence-corrected chi connectivity index (χ4v) is 2.76. The number of aliphatic hydroxyl groups excluding tert-OH is 1. The van der Waals surface area contributed by atoms with Crippen molar-refractivity contribution in [1.82, 2.24) is 9.78 Å². The van der Waals surface area contributed by atoms with Crippen molar-refractivity contribution in [1.29, 1.82) is 0 Å². The smallest absolute Gasteiger partial charge is 0.122 e. The molecule has 102 valence electrons. The van der Waals surface area contributed by atoms with Crippen molar-refractivity contribution >= 4 is 43.5 Å². The number of hydrogen-bond donors (Lipinski definition) is 1. The van der Waals surface area contributed by atoms with Gasteiger partial charge in [0.2, 0.25) is 0 Å². The summed E-state index contributed by atoms with van der Waals surface area (Å²) in [6, 6.07) is 5.62. The van der Waals surface area contributed by atoms with Crippen LogP contribution in [-0.4, -0.2) is 14.9 Å². The van der Waals surface area contributed by atoms with Gasteiger partial charge in [0.25, 0.3) is 0 Å². The van der Waals surface area contributed by atoms with E-state index in [2.05, 4.69) is 43.9 Å². The number of aryl methyl sites for hydroxylation is 1. The van der Waals surface area contributed by atoms with Crippen LogP contribution in [-0.2, 0) is 6.54 Å². The molecule has 2 rings (SSSR count). The van der Waals surface area contributed by atoms with E-state index in [9.17, 15) is 5.11 Å². The van der Waals surface area contributed by atoms with Crippen LogP contribution in [0.1, 0.15) is 30.7 Å². The number of aliphatic hydroxyl groups is 1. The van der Waals surface area contributed by atoms with Gasteiger partial charge in [0, 0.05) is 15.5 Å². The van der Waals surface area contributed by atoms with Crippen molar-refractivity contribution in [3.63, 3.8) is 0 Å². The summed E-state index contributed by atoms with van der Waals surface area (Å²) in [4.78, 5) is 0. The van der Waals surface area contributed by atoms with E-state index in [1.54, 1.807) is 10.9 Å². The average molecular weight is 409 g/mol. The summed E-state index contributed by atoms with van der Waals surface area (Å²) in [5.41, 5.74) is 1.41. The first kappa shape index (κ1) is 15.0. The zero-order valence-electron chi connectivity index (χ0n) is 10.3. The summed E-state index contributed by atoms with van der Waals surface area (Å²) in [6.45, 7) is 2.79. The third-order valence-corrected chi connectivity index (χ3v) is 4.96. The van der Waals surface area contributed by atoms with E-state index < -0.39 is 6.10 Å². The molecule has 0 fully saturated rings. The molecule has 0 radical (unpaired) electrons. The molecule has 1 N–H and O–H groups in total. The van der Waals surface area contributed by atoms with Gasteiger partial charge in [-0.1, -0.05) is 24.6 Å². The first-order chi connectivity index (χ1) is 9.04. The van der Waals surface area contributed by atoms with Crippen LogP contribution in [0.15, 0.2) is 33.3 Å². The molecule has 1 aromatic carbocycles. The molecule has 1 unspecified atom stereocenters. The van der Waals surface area contributed by atoms with Crippen LogP contribution < -0.4 is 0 Å². The van der Waals surface area contributed by atoms with Crippen LogP contribution in [0.4, 0.5) is 0 Å². The Morgan fingerprint density at radius 2 is 2.11 bits per heavy atom. The molecule has 0 saturated carbocycles. The van der Waals surface area contributed by atoms with Crippen LogP contribution >= 0.6 is 43.5 Å². The molecule has 6 heteroatoms. The second-order valence-corrected chi connectivity index (χ2v) is 6.29. The molecule has 1 aromatic heterocycles. The van der Waals surface area contributed by atoms with Crippen LogP contribution in [0.2, 0.25) is 5.02 Å². The van der Waals surface area contributed by atoms with E-state index in [0.717, 1.165) is 27.5 Å². The summed E-state index contributed by atoms with van der Waals surface area (Å²) in [5.74, 6) is 0. The molecule has 0 saturated heterocycles. The minimum atomic E-state index is -0.786. The Labute approximate surface area is 133 Å². The molecule has 2 aromatic rings. The second-order valence-electron chi connectivity index (χ2n) is 4.18. The van der Waals surface area contributed by atoms with Gasteiger partial charge in [-0.25, -0.2) is 0 Å². The third-order valence-electron chi connectivity index (χ3n) is 2.79. The van der Waals surface area contributed by atoms with E-state index in [0.29, 0.717) is 10.7 Å². The lowest BCUT2D eigenvalue weighted by atomic mass is 10.1. The Bertz CT molecular complexity index is 586. The van der Waals surface area contributed by atoms with Gasteiger partial charge in [-0.2, -0.15) is 5.10 Å². The molecule has 0 aliphatic heterocycles. The molecule has 0 spiro atoms. The first-order valence-corrected chi connectivity index (χ1v) is 7.85. The van der Waals surface area contributed by atoms with Gasteiger partial charge in [0.15, 0.2) is 0 Å². The molecule has 19 heavy (non-hydrogen) atoms. The SMILES string of the molecule is CCCn1ncc(Cl)c1C(O)c1ccc(Br)c(Br)c1. The lowest BCUT2D eigenvalue weighted by molar-refractivity contribution is 0.207. The molecule has 0 bridgehead atoms. The molecule has 3 nitrogen and oxygen atoms in total. The fourth-order valence-electron chi connectivity index (χ4n) is 1.87. The molecule has 0 aliphatic carbocycles. The number of rotatable bonds is 4. The quantitative estimate of drug-likeness (QED) is 0.806. The van der Waals surface area contributed by atoms with Crippen molar-refractivity contribution in [2.45, 2.75) is 26.0 Å². The molecule has 0 amide bonds. The van der Waals surface area contributed by atoms with E-state index in [4.69, 9.17) is 11.6 Å². The summed E-state index contributed by atoms with van der Waals surface area (Å²) in [5, 5.41) is 15.2. The standard InChI is InChI=1S/C13H13Br2ClN2O/c1-2-5-18-12(11(16)7-17-18)13(19)8-3-4-9(14)10(15)6-8/h3-4,6-7,13,19H,2,5H2,1H3. The number of benzene rings is 1. The van der Waals surface area contributed by atoms with Crippen molar-refractivity contribution in [3.05, 3.63) is 49.6 Å². The van der Waals surface area contributed by atoms with Crippen molar-refractivity contribution in [3.8, 4) is 0 Å². The minimum absolute atomic E-state index is 0.486. The lowest BCUT2D eigenvalue weighted by Crippen LogP contribution is -2.10. The summed E-state index contributed by atoms with van der Waals surface area (Å²) >= 11 is 13.0. The van der Waals surface area contributed by atoms with Crippen LogP contribution in [0.5, 0.6) is 0 Å².